The van der Waals surface area contributed by atoms with Crippen LogP contribution in [0.25, 0.3) is 0 Å². The van der Waals surface area contributed by atoms with E-state index >= 15 is 0 Å². The molecule has 0 spiro atoms. The third kappa shape index (κ3) is 1.72. The Balaban J connectivity index is 2.03. The molecule has 1 fully saturated rings. The Kier molecular flexibility index (Phi) is 2.85. The maximum absolute atomic E-state index is 11.4. The molecule has 6 nitrogen and oxygen atoms in total. The molecule has 104 valence electrons. The molecule has 6 heteroatoms. The number of carboxylic acid groups (broad SMARTS) is 2. The molecule has 0 aromatic carbocycles. The third-order valence-corrected chi connectivity index (χ3v) is 3.86. The maximum Gasteiger partial charge on any atom is 0.308 e. The molecule has 4 atom stereocenters. The molecule has 0 radical (unpaired) electrons. The molecule has 2 aromatic rings. The molecule has 20 heavy (non-hydrogen) atoms. The first-order chi connectivity index (χ1) is 9.61. The van der Waals surface area contributed by atoms with Crippen molar-refractivity contribution in [1.29, 1.82) is 0 Å². The summed E-state index contributed by atoms with van der Waals surface area (Å²) in [7, 11) is 0. The van der Waals surface area contributed by atoms with Gasteiger partial charge < -0.3 is 19.0 Å². The van der Waals surface area contributed by atoms with Gasteiger partial charge in [0.05, 0.1) is 24.4 Å². The number of aliphatic carboxylic acids is 2. The summed E-state index contributed by atoms with van der Waals surface area (Å²) < 4.78 is 10.6. The molecule has 0 saturated heterocycles. The van der Waals surface area contributed by atoms with Gasteiger partial charge in [-0.05, 0) is 24.3 Å². The Morgan fingerprint density at radius 1 is 0.850 bits per heavy atom. The summed E-state index contributed by atoms with van der Waals surface area (Å²) in [6.45, 7) is 0. The molecule has 2 heterocycles. The van der Waals surface area contributed by atoms with Crippen LogP contribution in [0.2, 0.25) is 0 Å². The SMILES string of the molecule is O=C(O)[C@H]1[C@H](C(=O)O)[C@H](c2ccco2)[C@H]1c1ccco1. The van der Waals surface area contributed by atoms with Crippen LogP contribution in [0.15, 0.2) is 45.6 Å². The van der Waals surface area contributed by atoms with Crippen molar-refractivity contribution in [3.8, 4) is 0 Å². The molecule has 0 unspecified atom stereocenters. The van der Waals surface area contributed by atoms with E-state index in [9.17, 15) is 19.8 Å². The minimum absolute atomic E-state index is 0.469. The van der Waals surface area contributed by atoms with Crippen molar-refractivity contribution in [2.75, 3.05) is 0 Å². The number of hydrogen-bond acceptors (Lipinski definition) is 4. The monoisotopic (exact) mass is 276 g/mol. The van der Waals surface area contributed by atoms with Gasteiger partial charge in [-0.25, -0.2) is 0 Å². The number of hydrogen-bond donors (Lipinski definition) is 2. The molecule has 2 N–H and O–H groups in total. The molecule has 0 aliphatic heterocycles. The van der Waals surface area contributed by atoms with Gasteiger partial charge in [-0.1, -0.05) is 0 Å². The summed E-state index contributed by atoms with van der Waals surface area (Å²) in [5.74, 6) is -4.44. The fourth-order valence-electron chi connectivity index (χ4n) is 3.03. The third-order valence-electron chi connectivity index (χ3n) is 3.86. The molecule has 1 saturated carbocycles. The lowest BCUT2D eigenvalue weighted by Crippen LogP contribution is -2.51. The smallest absolute Gasteiger partial charge is 0.308 e. The highest BCUT2D eigenvalue weighted by Gasteiger charge is 2.61. The Hall–Kier alpha value is -2.50. The standard InChI is InChI=1S/C14H12O6/c15-13(16)11-9(7-3-1-5-19-7)10(12(11)14(17)18)8-4-2-6-20-8/h1-6,9-12H,(H,15,16)(H,17,18)/t9-,10-,11-,12-/m1/s1. The molecular formula is C14H12O6. The number of furan rings is 2. The molecular weight excluding hydrogens is 264 g/mol. The molecule has 1 aliphatic rings. The molecule has 0 amide bonds. The highest BCUT2D eigenvalue weighted by Crippen LogP contribution is 2.58. The minimum Gasteiger partial charge on any atom is -0.481 e. The van der Waals surface area contributed by atoms with Crippen LogP contribution >= 0.6 is 0 Å². The Labute approximate surface area is 113 Å². The van der Waals surface area contributed by atoms with E-state index in [1.807, 2.05) is 0 Å². The van der Waals surface area contributed by atoms with E-state index in [2.05, 4.69) is 0 Å². The van der Waals surface area contributed by atoms with Crippen molar-refractivity contribution in [2.45, 2.75) is 11.8 Å². The van der Waals surface area contributed by atoms with Gasteiger partial charge in [0.2, 0.25) is 0 Å². The van der Waals surface area contributed by atoms with Crippen molar-refractivity contribution in [2.24, 2.45) is 11.8 Å². The molecule has 2 aromatic heterocycles. The van der Waals surface area contributed by atoms with Gasteiger partial charge in [0.1, 0.15) is 11.5 Å². The predicted octanol–water partition coefficient (Wildman–Crippen LogP) is 2.16. The predicted molar refractivity (Wildman–Crippen MR) is 65.1 cm³/mol. The van der Waals surface area contributed by atoms with E-state index in [4.69, 9.17) is 8.83 Å². The van der Waals surface area contributed by atoms with Gasteiger partial charge in [0.25, 0.3) is 0 Å². The van der Waals surface area contributed by atoms with Gasteiger partial charge in [-0.3, -0.25) is 9.59 Å². The first-order valence-corrected chi connectivity index (χ1v) is 6.13. The second-order valence-corrected chi connectivity index (χ2v) is 4.81. The van der Waals surface area contributed by atoms with Gasteiger partial charge >= 0.3 is 11.9 Å². The minimum atomic E-state index is -1.14. The van der Waals surface area contributed by atoms with Crippen molar-refractivity contribution in [1.82, 2.24) is 0 Å². The second-order valence-electron chi connectivity index (χ2n) is 4.81. The fourth-order valence-corrected chi connectivity index (χ4v) is 3.03. The average molecular weight is 276 g/mol. The summed E-state index contributed by atoms with van der Waals surface area (Å²) in [4.78, 5) is 22.8. The normalized spacial score (nSPS) is 28.8. The second kappa shape index (κ2) is 4.56. The van der Waals surface area contributed by atoms with E-state index in [1.165, 1.54) is 12.5 Å². The zero-order valence-electron chi connectivity index (χ0n) is 10.3. The lowest BCUT2D eigenvalue weighted by molar-refractivity contribution is -0.165. The molecule has 0 bridgehead atoms. The highest BCUT2D eigenvalue weighted by atomic mass is 16.4. The number of carboxylic acids is 2. The summed E-state index contributed by atoms with van der Waals surface area (Å²) in [5.41, 5.74) is 0. The Bertz CT molecular complexity index is 556. The summed E-state index contributed by atoms with van der Waals surface area (Å²) >= 11 is 0. The van der Waals surface area contributed by atoms with E-state index < -0.39 is 35.6 Å². The van der Waals surface area contributed by atoms with Gasteiger partial charge in [0.15, 0.2) is 0 Å². The number of rotatable bonds is 4. The topological polar surface area (TPSA) is 101 Å². The van der Waals surface area contributed by atoms with Gasteiger partial charge in [-0.2, -0.15) is 0 Å². The lowest BCUT2D eigenvalue weighted by atomic mass is 9.55. The van der Waals surface area contributed by atoms with Crippen molar-refractivity contribution < 1.29 is 28.6 Å². The van der Waals surface area contributed by atoms with Crippen LogP contribution in [0.1, 0.15) is 23.4 Å². The summed E-state index contributed by atoms with van der Waals surface area (Å²) in [6, 6.07) is 6.63. The summed E-state index contributed by atoms with van der Waals surface area (Å²) in [5, 5.41) is 18.6. The number of carbonyl (C=O) groups is 2. The zero-order chi connectivity index (χ0) is 14.3. The van der Waals surface area contributed by atoms with Crippen LogP contribution < -0.4 is 0 Å². The Morgan fingerprint density at radius 3 is 1.50 bits per heavy atom. The van der Waals surface area contributed by atoms with Crippen LogP contribution in [-0.4, -0.2) is 22.2 Å². The molecule has 1 aliphatic carbocycles. The van der Waals surface area contributed by atoms with Gasteiger partial charge in [0, 0.05) is 11.8 Å². The quantitative estimate of drug-likeness (QED) is 0.887. The van der Waals surface area contributed by atoms with E-state index in [0.29, 0.717) is 11.5 Å². The van der Waals surface area contributed by atoms with E-state index in [1.54, 1.807) is 24.3 Å². The highest BCUT2D eigenvalue weighted by molar-refractivity contribution is 5.85. The fraction of sp³-hybridized carbons (Fsp3) is 0.286. The average Bonchev–Trinajstić information content (AvgIpc) is 2.98. The van der Waals surface area contributed by atoms with Crippen LogP contribution in [0.3, 0.4) is 0 Å². The van der Waals surface area contributed by atoms with Crippen LogP contribution in [-0.2, 0) is 9.59 Å². The maximum atomic E-state index is 11.4. The van der Waals surface area contributed by atoms with Crippen molar-refractivity contribution >= 4 is 11.9 Å². The first kappa shape index (κ1) is 12.5. The van der Waals surface area contributed by atoms with E-state index in [0.717, 1.165) is 0 Å². The first-order valence-electron chi connectivity index (χ1n) is 6.13. The largest absolute Gasteiger partial charge is 0.481 e. The summed E-state index contributed by atoms with van der Waals surface area (Å²) in [6.07, 6.45) is 2.89. The lowest BCUT2D eigenvalue weighted by Gasteiger charge is -2.45. The van der Waals surface area contributed by atoms with E-state index in [-0.39, 0.29) is 0 Å². The van der Waals surface area contributed by atoms with Crippen LogP contribution in [0, 0.1) is 11.8 Å². The van der Waals surface area contributed by atoms with Crippen LogP contribution in [0.4, 0.5) is 0 Å². The van der Waals surface area contributed by atoms with Crippen molar-refractivity contribution in [3.63, 3.8) is 0 Å². The van der Waals surface area contributed by atoms with Crippen LogP contribution in [0.5, 0.6) is 0 Å². The molecule has 3 rings (SSSR count). The zero-order valence-corrected chi connectivity index (χ0v) is 10.3. The van der Waals surface area contributed by atoms with Gasteiger partial charge in [-0.15, -0.1) is 0 Å². The Morgan fingerprint density at radius 2 is 1.25 bits per heavy atom. The van der Waals surface area contributed by atoms with Crippen molar-refractivity contribution in [3.05, 3.63) is 48.3 Å².